The zero-order chi connectivity index (χ0) is 16.3. The molecule has 1 N–H and O–H groups in total. The number of guanidine groups is 1. The molecule has 1 aromatic rings. The first-order valence-electron chi connectivity index (χ1n) is 8.64. The molecule has 1 atom stereocenters. The largest absolute Gasteiger partial charge is 0.381 e. The van der Waals surface area contributed by atoms with Gasteiger partial charge in [0.2, 0.25) is 0 Å². The molecular formula is C19H30IN3O. The molecule has 134 valence electrons. The number of hydrogen-bond acceptors (Lipinski definition) is 2. The highest BCUT2D eigenvalue weighted by molar-refractivity contribution is 14.0. The van der Waals surface area contributed by atoms with Crippen LogP contribution in [-0.2, 0) is 10.2 Å². The molecule has 0 aromatic heterocycles. The fraction of sp³-hybridized carbons (Fsp3) is 0.632. The first-order valence-corrected chi connectivity index (χ1v) is 8.64. The third-order valence-electron chi connectivity index (χ3n) is 5.38. The monoisotopic (exact) mass is 443 g/mol. The highest BCUT2D eigenvalue weighted by Crippen LogP contribution is 2.38. The molecule has 0 saturated carbocycles. The van der Waals surface area contributed by atoms with Crippen LogP contribution in [0.25, 0.3) is 0 Å². The quantitative estimate of drug-likeness (QED) is 0.443. The lowest BCUT2D eigenvalue weighted by Gasteiger charge is -2.30. The lowest BCUT2D eigenvalue weighted by atomic mass is 9.85. The van der Waals surface area contributed by atoms with E-state index in [0.717, 1.165) is 38.8 Å². The molecule has 2 aliphatic rings. The summed E-state index contributed by atoms with van der Waals surface area (Å²) in [6.07, 6.45) is 2.41. The van der Waals surface area contributed by atoms with Crippen LogP contribution in [0.15, 0.2) is 35.3 Å². The normalized spacial score (nSPS) is 24.3. The molecule has 0 bridgehead atoms. The summed E-state index contributed by atoms with van der Waals surface area (Å²) in [6, 6.07) is 10.7. The standard InChI is InChI=1S/C19H29N3O.HI/c1-18(2,16-7-5-4-6-8-16)13-21-17(20-3)22-11-9-19(14-22)10-12-23-15-19;/h4-8H,9-15H2,1-3H3,(H,20,21);1H. The van der Waals surface area contributed by atoms with Gasteiger partial charge in [0.1, 0.15) is 0 Å². The fourth-order valence-electron chi connectivity index (χ4n) is 3.71. The number of halogens is 1. The van der Waals surface area contributed by atoms with Crippen LogP contribution in [0.4, 0.5) is 0 Å². The molecule has 5 heteroatoms. The summed E-state index contributed by atoms with van der Waals surface area (Å²) in [5.41, 5.74) is 1.79. The van der Waals surface area contributed by atoms with Gasteiger partial charge in [-0.05, 0) is 18.4 Å². The fourth-order valence-corrected chi connectivity index (χ4v) is 3.71. The molecule has 2 saturated heterocycles. The zero-order valence-electron chi connectivity index (χ0n) is 15.0. The van der Waals surface area contributed by atoms with E-state index in [2.05, 4.69) is 59.4 Å². The van der Waals surface area contributed by atoms with Crippen molar-refractivity contribution in [2.45, 2.75) is 32.1 Å². The summed E-state index contributed by atoms with van der Waals surface area (Å²) in [5.74, 6) is 1.03. The van der Waals surface area contributed by atoms with E-state index in [0.29, 0.717) is 5.41 Å². The predicted octanol–water partition coefficient (Wildman–Crippen LogP) is 3.27. The molecule has 1 unspecified atom stereocenters. The number of aliphatic imine (C=N–C) groups is 1. The Morgan fingerprint density at radius 2 is 2.04 bits per heavy atom. The van der Waals surface area contributed by atoms with Crippen molar-refractivity contribution in [1.29, 1.82) is 0 Å². The Balaban J connectivity index is 0.00000208. The van der Waals surface area contributed by atoms with Crippen LogP contribution in [-0.4, -0.2) is 50.8 Å². The van der Waals surface area contributed by atoms with Crippen molar-refractivity contribution in [3.8, 4) is 0 Å². The number of nitrogens with one attached hydrogen (secondary N) is 1. The lowest BCUT2D eigenvalue weighted by Crippen LogP contribution is -2.45. The average Bonchev–Trinajstić information content (AvgIpc) is 3.19. The van der Waals surface area contributed by atoms with Gasteiger partial charge in [0.15, 0.2) is 5.96 Å². The number of ether oxygens (including phenoxy) is 1. The van der Waals surface area contributed by atoms with E-state index in [1.165, 1.54) is 18.4 Å². The molecule has 1 aromatic carbocycles. The Labute approximate surface area is 163 Å². The molecule has 4 nitrogen and oxygen atoms in total. The highest BCUT2D eigenvalue weighted by atomic mass is 127. The van der Waals surface area contributed by atoms with Gasteiger partial charge in [0, 0.05) is 44.1 Å². The predicted molar refractivity (Wildman–Crippen MR) is 110 cm³/mol. The van der Waals surface area contributed by atoms with Gasteiger partial charge in [-0.15, -0.1) is 24.0 Å². The van der Waals surface area contributed by atoms with Crippen LogP contribution in [0.2, 0.25) is 0 Å². The Hall–Kier alpha value is -0.820. The molecule has 0 aliphatic carbocycles. The van der Waals surface area contributed by atoms with Gasteiger partial charge < -0.3 is 15.0 Å². The van der Waals surface area contributed by atoms with Gasteiger partial charge in [-0.1, -0.05) is 44.2 Å². The molecule has 3 rings (SSSR count). The maximum atomic E-state index is 5.63. The van der Waals surface area contributed by atoms with Crippen molar-refractivity contribution < 1.29 is 4.74 Å². The van der Waals surface area contributed by atoms with Crippen LogP contribution in [0.1, 0.15) is 32.3 Å². The summed E-state index contributed by atoms with van der Waals surface area (Å²) in [6.45, 7) is 9.41. The molecule has 2 heterocycles. The van der Waals surface area contributed by atoms with Crippen LogP contribution in [0.5, 0.6) is 0 Å². The molecule has 0 amide bonds. The van der Waals surface area contributed by atoms with E-state index >= 15 is 0 Å². The third kappa shape index (κ3) is 4.23. The zero-order valence-corrected chi connectivity index (χ0v) is 17.4. The van der Waals surface area contributed by atoms with Crippen LogP contribution < -0.4 is 5.32 Å². The van der Waals surface area contributed by atoms with Gasteiger partial charge in [-0.25, -0.2) is 0 Å². The Kier molecular flexibility index (Phi) is 6.53. The maximum Gasteiger partial charge on any atom is 0.193 e. The summed E-state index contributed by atoms with van der Waals surface area (Å²) in [4.78, 5) is 6.91. The van der Waals surface area contributed by atoms with Crippen molar-refractivity contribution >= 4 is 29.9 Å². The smallest absolute Gasteiger partial charge is 0.193 e. The average molecular weight is 443 g/mol. The second-order valence-electron chi connectivity index (χ2n) is 7.62. The molecule has 2 aliphatic heterocycles. The SMILES string of the molecule is CN=C(NCC(C)(C)c1ccccc1)N1CCC2(CCOC2)C1.I. The van der Waals surface area contributed by atoms with Crippen LogP contribution >= 0.6 is 24.0 Å². The lowest BCUT2D eigenvalue weighted by molar-refractivity contribution is 0.156. The van der Waals surface area contributed by atoms with E-state index in [4.69, 9.17) is 4.74 Å². The van der Waals surface area contributed by atoms with Gasteiger partial charge >= 0.3 is 0 Å². The topological polar surface area (TPSA) is 36.9 Å². The Bertz CT molecular complexity index is 553. The Morgan fingerprint density at radius 1 is 1.29 bits per heavy atom. The van der Waals surface area contributed by atoms with Crippen molar-refractivity contribution in [2.24, 2.45) is 10.4 Å². The molecule has 24 heavy (non-hydrogen) atoms. The number of nitrogens with zero attached hydrogens (tertiary/aromatic N) is 2. The summed E-state index contributed by atoms with van der Waals surface area (Å²) >= 11 is 0. The molecule has 2 fully saturated rings. The molecule has 1 spiro atoms. The number of benzene rings is 1. The second-order valence-corrected chi connectivity index (χ2v) is 7.62. The van der Waals surface area contributed by atoms with Crippen molar-refractivity contribution in [3.05, 3.63) is 35.9 Å². The summed E-state index contributed by atoms with van der Waals surface area (Å²) < 4.78 is 5.63. The first-order chi connectivity index (χ1) is 11.0. The van der Waals surface area contributed by atoms with E-state index < -0.39 is 0 Å². The highest BCUT2D eigenvalue weighted by Gasteiger charge is 2.42. The number of rotatable bonds is 3. The minimum absolute atomic E-state index is 0. The van der Waals surface area contributed by atoms with Crippen LogP contribution in [0.3, 0.4) is 0 Å². The van der Waals surface area contributed by atoms with Gasteiger partial charge in [-0.2, -0.15) is 0 Å². The molecule has 0 radical (unpaired) electrons. The van der Waals surface area contributed by atoms with Crippen molar-refractivity contribution in [2.75, 3.05) is 39.9 Å². The summed E-state index contributed by atoms with van der Waals surface area (Å²) in [7, 11) is 1.88. The minimum atomic E-state index is 0. The van der Waals surface area contributed by atoms with Crippen LogP contribution in [0, 0.1) is 5.41 Å². The Morgan fingerprint density at radius 3 is 2.67 bits per heavy atom. The third-order valence-corrected chi connectivity index (χ3v) is 5.38. The van der Waals surface area contributed by atoms with Crippen molar-refractivity contribution in [1.82, 2.24) is 10.2 Å². The number of hydrogen-bond donors (Lipinski definition) is 1. The first kappa shape index (κ1) is 19.5. The van der Waals surface area contributed by atoms with E-state index in [1.54, 1.807) is 0 Å². The van der Waals surface area contributed by atoms with Crippen molar-refractivity contribution in [3.63, 3.8) is 0 Å². The van der Waals surface area contributed by atoms with Gasteiger partial charge in [0.25, 0.3) is 0 Å². The van der Waals surface area contributed by atoms with E-state index in [1.807, 2.05) is 7.05 Å². The maximum absolute atomic E-state index is 5.63. The van der Waals surface area contributed by atoms with Gasteiger partial charge in [0.05, 0.1) is 6.61 Å². The summed E-state index contributed by atoms with van der Waals surface area (Å²) in [5, 5.41) is 3.59. The van der Waals surface area contributed by atoms with Gasteiger partial charge in [-0.3, -0.25) is 4.99 Å². The number of likely N-dealkylation sites (tertiary alicyclic amines) is 1. The minimum Gasteiger partial charge on any atom is -0.381 e. The van der Waals surface area contributed by atoms with E-state index in [-0.39, 0.29) is 29.4 Å². The van der Waals surface area contributed by atoms with E-state index in [9.17, 15) is 0 Å². The second kappa shape index (κ2) is 8.04. The molecular weight excluding hydrogens is 413 g/mol.